The maximum Gasteiger partial charge on any atom is 0.257 e. The van der Waals surface area contributed by atoms with Crippen molar-refractivity contribution in [3.8, 4) is 5.75 Å². The third-order valence-electron chi connectivity index (χ3n) is 4.13. The van der Waals surface area contributed by atoms with E-state index in [1.54, 1.807) is 7.11 Å². The Hall–Kier alpha value is -1.07. The monoisotopic (exact) mass is 368 g/mol. The van der Waals surface area contributed by atoms with Gasteiger partial charge in [0.25, 0.3) is 5.91 Å². The minimum absolute atomic E-state index is 0.0219. The SMILES string of the molecule is COc1c(Br)cc(C(C)(C)C)cc1C(=O)N1CCN(C)CC1. The zero-order valence-corrected chi connectivity index (χ0v) is 15.7. The van der Waals surface area contributed by atoms with Crippen LogP contribution >= 0.6 is 15.9 Å². The fourth-order valence-electron chi connectivity index (χ4n) is 2.57. The number of carbonyl (C=O) groups excluding carboxylic acids is 1. The summed E-state index contributed by atoms with van der Waals surface area (Å²) in [4.78, 5) is 17.1. The highest BCUT2D eigenvalue weighted by Gasteiger charge is 2.26. The van der Waals surface area contributed by atoms with Crippen LogP contribution in [0.15, 0.2) is 16.6 Å². The van der Waals surface area contributed by atoms with E-state index in [1.165, 1.54) is 0 Å². The Kier molecular flexibility index (Phi) is 5.17. The van der Waals surface area contributed by atoms with E-state index in [-0.39, 0.29) is 11.3 Å². The first-order valence-corrected chi connectivity index (χ1v) is 8.39. The molecule has 1 heterocycles. The molecule has 1 fully saturated rings. The predicted molar refractivity (Wildman–Crippen MR) is 92.8 cm³/mol. The Balaban J connectivity index is 2.39. The molecule has 0 N–H and O–H groups in total. The Morgan fingerprint density at radius 2 is 1.77 bits per heavy atom. The molecule has 5 heteroatoms. The number of rotatable bonds is 2. The Bertz CT molecular complexity index is 559. The summed E-state index contributed by atoms with van der Waals surface area (Å²) in [7, 11) is 3.69. The number of ether oxygens (including phenoxy) is 1. The van der Waals surface area contributed by atoms with Crippen LogP contribution in [-0.2, 0) is 5.41 Å². The van der Waals surface area contributed by atoms with Crippen LogP contribution in [-0.4, -0.2) is 56.0 Å². The highest BCUT2D eigenvalue weighted by molar-refractivity contribution is 9.10. The molecule has 122 valence electrons. The lowest BCUT2D eigenvalue weighted by Gasteiger charge is -2.33. The molecule has 2 rings (SSSR count). The smallest absolute Gasteiger partial charge is 0.257 e. The lowest BCUT2D eigenvalue weighted by atomic mass is 9.86. The standard InChI is InChI=1S/C17H25BrN2O2/c1-17(2,3)12-10-13(15(22-5)14(18)11-12)16(21)20-8-6-19(4)7-9-20/h10-11H,6-9H2,1-5H3. The molecule has 0 aliphatic carbocycles. The van der Waals surface area contributed by atoms with Crippen molar-refractivity contribution in [2.24, 2.45) is 0 Å². The molecule has 4 nitrogen and oxygen atoms in total. The predicted octanol–water partition coefficient (Wildman–Crippen LogP) is 3.14. The number of carbonyl (C=O) groups is 1. The highest BCUT2D eigenvalue weighted by atomic mass is 79.9. The summed E-state index contributed by atoms with van der Waals surface area (Å²) in [5, 5.41) is 0. The van der Waals surface area contributed by atoms with Gasteiger partial charge < -0.3 is 14.5 Å². The Morgan fingerprint density at radius 1 is 1.18 bits per heavy atom. The van der Waals surface area contributed by atoms with E-state index in [4.69, 9.17) is 4.74 Å². The second-order valence-electron chi connectivity index (χ2n) is 6.88. The number of halogens is 1. The number of piperazine rings is 1. The number of hydrogen-bond donors (Lipinski definition) is 0. The molecule has 22 heavy (non-hydrogen) atoms. The molecular weight excluding hydrogens is 344 g/mol. The van der Waals surface area contributed by atoms with E-state index in [2.05, 4.69) is 48.6 Å². The molecule has 0 saturated carbocycles. The van der Waals surface area contributed by atoms with Gasteiger partial charge >= 0.3 is 0 Å². The van der Waals surface area contributed by atoms with Crippen molar-refractivity contribution in [1.29, 1.82) is 0 Å². The molecule has 1 amide bonds. The second-order valence-corrected chi connectivity index (χ2v) is 7.74. The van der Waals surface area contributed by atoms with Crippen molar-refractivity contribution in [3.63, 3.8) is 0 Å². The van der Waals surface area contributed by atoms with Crippen molar-refractivity contribution in [2.75, 3.05) is 40.3 Å². The Labute approximate surface area is 141 Å². The fraction of sp³-hybridized carbons (Fsp3) is 0.588. The van der Waals surface area contributed by atoms with Gasteiger partial charge in [0.1, 0.15) is 5.75 Å². The Morgan fingerprint density at radius 3 is 2.27 bits per heavy atom. The van der Waals surface area contributed by atoms with E-state index in [0.717, 1.165) is 36.2 Å². The summed E-state index contributed by atoms with van der Waals surface area (Å²) in [5.74, 6) is 0.675. The molecule has 0 atom stereocenters. The van der Waals surface area contributed by atoms with Crippen LogP contribution in [0.2, 0.25) is 0 Å². The number of methoxy groups -OCH3 is 1. The zero-order valence-electron chi connectivity index (χ0n) is 14.1. The topological polar surface area (TPSA) is 32.8 Å². The quantitative estimate of drug-likeness (QED) is 0.803. The molecule has 1 saturated heterocycles. The molecule has 0 bridgehead atoms. The fourth-order valence-corrected chi connectivity index (χ4v) is 3.19. The molecule has 1 aliphatic rings. The first-order valence-electron chi connectivity index (χ1n) is 7.60. The number of likely N-dealkylation sites (N-methyl/N-ethyl adjacent to an activating group) is 1. The summed E-state index contributed by atoms with van der Waals surface area (Å²) >= 11 is 3.55. The molecule has 1 aliphatic heterocycles. The van der Waals surface area contributed by atoms with Crippen molar-refractivity contribution < 1.29 is 9.53 Å². The summed E-state index contributed by atoms with van der Waals surface area (Å²) < 4.78 is 6.31. The third-order valence-corrected chi connectivity index (χ3v) is 4.72. The maximum absolute atomic E-state index is 12.9. The average Bonchev–Trinajstić information content (AvgIpc) is 2.45. The molecule has 0 radical (unpaired) electrons. The molecule has 1 aromatic carbocycles. The first-order chi connectivity index (χ1) is 10.2. The van der Waals surface area contributed by atoms with Crippen molar-refractivity contribution in [1.82, 2.24) is 9.80 Å². The van der Waals surface area contributed by atoms with Crippen LogP contribution in [0.4, 0.5) is 0 Å². The van der Waals surface area contributed by atoms with Crippen LogP contribution in [0.1, 0.15) is 36.7 Å². The maximum atomic E-state index is 12.9. The minimum Gasteiger partial charge on any atom is -0.495 e. The van der Waals surface area contributed by atoms with Gasteiger partial charge in [-0.15, -0.1) is 0 Å². The van der Waals surface area contributed by atoms with Crippen molar-refractivity contribution >= 4 is 21.8 Å². The van der Waals surface area contributed by atoms with Gasteiger partial charge in [0.2, 0.25) is 0 Å². The second kappa shape index (κ2) is 6.59. The minimum atomic E-state index is -0.0219. The summed E-state index contributed by atoms with van der Waals surface area (Å²) in [6.07, 6.45) is 0. The van der Waals surface area contributed by atoms with Gasteiger partial charge in [-0.2, -0.15) is 0 Å². The van der Waals surface area contributed by atoms with Crippen LogP contribution in [0.5, 0.6) is 5.75 Å². The normalized spacial score (nSPS) is 16.7. The van der Waals surface area contributed by atoms with Crippen LogP contribution in [0.25, 0.3) is 0 Å². The zero-order chi connectivity index (χ0) is 16.5. The highest BCUT2D eigenvalue weighted by Crippen LogP contribution is 2.35. The molecule has 0 spiro atoms. The largest absolute Gasteiger partial charge is 0.495 e. The lowest BCUT2D eigenvalue weighted by molar-refractivity contribution is 0.0660. The van der Waals surface area contributed by atoms with Gasteiger partial charge in [0.15, 0.2) is 0 Å². The molecular formula is C17H25BrN2O2. The van der Waals surface area contributed by atoms with Crippen LogP contribution in [0.3, 0.4) is 0 Å². The van der Waals surface area contributed by atoms with Gasteiger partial charge in [0.05, 0.1) is 17.1 Å². The van der Waals surface area contributed by atoms with Gasteiger partial charge in [-0.1, -0.05) is 20.8 Å². The lowest BCUT2D eigenvalue weighted by Crippen LogP contribution is -2.47. The van der Waals surface area contributed by atoms with Crippen molar-refractivity contribution in [3.05, 3.63) is 27.7 Å². The van der Waals surface area contributed by atoms with E-state index in [0.29, 0.717) is 11.3 Å². The van der Waals surface area contributed by atoms with Crippen molar-refractivity contribution in [2.45, 2.75) is 26.2 Å². The first kappa shape index (κ1) is 17.3. The number of amides is 1. The van der Waals surface area contributed by atoms with E-state index >= 15 is 0 Å². The van der Waals surface area contributed by atoms with E-state index in [9.17, 15) is 4.79 Å². The van der Waals surface area contributed by atoms with Crippen LogP contribution in [0, 0.1) is 0 Å². The molecule has 1 aromatic rings. The molecule has 0 unspecified atom stereocenters. The van der Waals surface area contributed by atoms with E-state index < -0.39 is 0 Å². The van der Waals surface area contributed by atoms with Gasteiger partial charge in [0, 0.05) is 26.2 Å². The van der Waals surface area contributed by atoms with Gasteiger partial charge in [-0.3, -0.25) is 4.79 Å². The summed E-state index contributed by atoms with van der Waals surface area (Å²) in [6, 6.07) is 4.02. The number of benzene rings is 1. The van der Waals surface area contributed by atoms with Crippen LogP contribution < -0.4 is 4.74 Å². The number of nitrogens with zero attached hydrogens (tertiary/aromatic N) is 2. The summed E-state index contributed by atoms with van der Waals surface area (Å²) in [5.41, 5.74) is 1.75. The summed E-state index contributed by atoms with van der Waals surface area (Å²) in [6.45, 7) is 9.77. The average molecular weight is 369 g/mol. The van der Waals surface area contributed by atoms with E-state index in [1.807, 2.05) is 17.0 Å². The molecule has 0 aromatic heterocycles. The number of hydrogen-bond acceptors (Lipinski definition) is 3. The van der Waals surface area contributed by atoms with Gasteiger partial charge in [-0.25, -0.2) is 0 Å². The third kappa shape index (κ3) is 3.63. The van der Waals surface area contributed by atoms with Gasteiger partial charge in [-0.05, 0) is 46.1 Å².